The van der Waals surface area contributed by atoms with Crippen LogP contribution in [0.2, 0.25) is 0 Å². The maximum absolute atomic E-state index is 10.3. The molecule has 0 aromatic heterocycles. The smallest absolute Gasteiger partial charge is 0.303 e. The highest BCUT2D eigenvalue weighted by Gasteiger charge is 1.97. The van der Waals surface area contributed by atoms with E-state index in [9.17, 15) is 9.59 Å². The van der Waals surface area contributed by atoms with Gasteiger partial charge in [0.05, 0.1) is 26.4 Å². The van der Waals surface area contributed by atoms with E-state index in [0.29, 0.717) is 39.0 Å². The highest BCUT2D eigenvalue weighted by molar-refractivity contribution is 5.66. The van der Waals surface area contributed by atoms with Gasteiger partial charge < -0.3 is 41.3 Å². The summed E-state index contributed by atoms with van der Waals surface area (Å²) in [4.78, 5) is 20.6. The summed E-state index contributed by atoms with van der Waals surface area (Å²) >= 11 is 0. The number of allylic oxidation sites excluding steroid dienone is 4. The van der Waals surface area contributed by atoms with E-state index >= 15 is 0 Å². The predicted molar refractivity (Wildman–Crippen MR) is 228 cm³/mol. The molecule has 0 saturated carbocycles. The first-order chi connectivity index (χ1) is 26.4. The highest BCUT2D eigenvalue weighted by atomic mass is 16.4. The Balaban J connectivity index is -0.000000343. The van der Waals surface area contributed by atoms with E-state index in [4.69, 9.17) is 30.6 Å². The Labute approximate surface area is 332 Å². The lowest BCUT2D eigenvalue weighted by Crippen LogP contribution is -2.21. The topological polar surface area (TPSA) is 180 Å². The molecule has 0 radical (unpaired) electrons. The van der Waals surface area contributed by atoms with E-state index < -0.39 is 11.9 Å². The lowest BCUT2D eigenvalue weighted by Gasteiger charge is -1.99. The average Bonchev–Trinajstić information content (AvgIpc) is 3.16. The Morgan fingerprint density at radius 3 is 0.815 bits per heavy atom. The standard InChI is InChI=1S/2C18H34O2.2C4H11NO2/c2*1-2-3-4-5-6-7-8-9-10-11-12-13-14-15-16-17-18(19)20;2*6-3-1-5-2-4-7/h2*9-10H,2-8,11-17H2,1H3,(H,19,20);2*5-7H,1-4H2/b2*10-9-;;. The number of hydrogen-bond donors (Lipinski definition) is 8. The molecule has 0 fully saturated rings. The largest absolute Gasteiger partial charge is 0.481 e. The molecule has 0 bridgehead atoms. The summed E-state index contributed by atoms with van der Waals surface area (Å²) in [6.45, 7) is 7.35. The highest BCUT2D eigenvalue weighted by Crippen LogP contribution is 2.11. The monoisotopic (exact) mass is 775 g/mol. The molecule has 0 rings (SSSR count). The normalized spacial score (nSPS) is 10.8. The van der Waals surface area contributed by atoms with Crippen molar-refractivity contribution in [2.45, 2.75) is 194 Å². The van der Waals surface area contributed by atoms with Crippen molar-refractivity contribution in [3.8, 4) is 0 Å². The first-order valence-corrected chi connectivity index (χ1v) is 22.0. The Kier molecular flexibility index (Phi) is 65.9. The van der Waals surface area contributed by atoms with Gasteiger partial charge in [0.2, 0.25) is 0 Å². The number of nitrogens with one attached hydrogen (secondary N) is 2. The van der Waals surface area contributed by atoms with E-state index in [1.807, 2.05) is 0 Å². The SMILES string of the molecule is CCCCCCCC/C=C\CCCCCCCC(=O)O.CCCCCCCC/C=C\CCCCCCCC(=O)O.OCCNCCO.OCCNCCO. The maximum Gasteiger partial charge on any atom is 0.303 e. The Morgan fingerprint density at radius 2 is 0.593 bits per heavy atom. The molecule has 0 spiro atoms. The van der Waals surface area contributed by atoms with Crippen LogP contribution in [-0.2, 0) is 9.59 Å². The fourth-order valence-corrected chi connectivity index (χ4v) is 5.26. The van der Waals surface area contributed by atoms with E-state index in [2.05, 4.69) is 48.8 Å². The first-order valence-electron chi connectivity index (χ1n) is 22.0. The molecule has 0 saturated heterocycles. The van der Waals surface area contributed by atoms with E-state index in [1.165, 1.54) is 141 Å². The van der Waals surface area contributed by atoms with Crippen molar-refractivity contribution in [3.63, 3.8) is 0 Å². The van der Waals surface area contributed by atoms with Gasteiger partial charge in [-0.1, -0.05) is 141 Å². The minimum atomic E-state index is -0.664. The number of unbranched alkanes of at least 4 members (excludes halogenated alkanes) is 22. The molecule has 0 atom stereocenters. The number of aliphatic hydroxyl groups is 4. The van der Waals surface area contributed by atoms with Crippen LogP contribution in [0.15, 0.2) is 24.3 Å². The third-order valence-electron chi connectivity index (χ3n) is 8.46. The van der Waals surface area contributed by atoms with Crippen LogP contribution in [0, 0.1) is 0 Å². The lowest BCUT2D eigenvalue weighted by atomic mass is 10.1. The number of aliphatic carboxylic acids is 2. The number of aliphatic hydroxyl groups excluding tert-OH is 4. The van der Waals surface area contributed by atoms with Gasteiger partial charge in [-0.3, -0.25) is 9.59 Å². The van der Waals surface area contributed by atoms with Gasteiger partial charge in [-0.2, -0.15) is 0 Å². The number of rotatable bonds is 38. The predicted octanol–water partition coefficient (Wildman–Crippen LogP) is 9.34. The number of carboxylic acids is 2. The molecule has 0 aliphatic carbocycles. The number of hydrogen-bond acceptors (Lipinski definition) is 8. The zero-order chi connectivity index (χ0) is 40.9. The van der Waals surface area contributed by atoms with Crippen molar-refractivity contribution in [2.24, 2.45) is 0 Å². The molecule has 54 heavy (non-hydrogen) atoms. The Morgan fingerprint density at radius 1 is 0.370 bits per heavy atom. The summed E-state index contributed by atoms with van der Waals surface area (Å²) in [5.41, 5.74) is 0. The van der Waals surface area contributed by atoms with Gasteiger partial charge in [-0.25, -0.2) is 0 Å². The Hall–Kier alpha value is -1.82. The summed E-state index contributed by atoms with van der Waals surface area (Å²) in [7, 11) is 0. The van der Waals surface area contributed by atoms with E-state index in [-0.39, 0.29) is 26.4 Å². The van der Waals surface area contributed by atoms with Crippen molar-refractivity contribution in [1.29, 1.82) is 0 Å². The molecule has 10 nitrogen and oxygen atoms in total. The van der Waals surface area contributed by atoms with Crippen LogP contribution in [0.5, 0.6) is 0 Å². The van der Waals surface area contributed by atoms with Crippen LogP contribution in [0.4, 0.5) is 0 Å². The molecule has 0 aliphatic heterocycles. The minimum absolute atomic E-state index is 0.139. The second-order valence-corrected chi connectivity index (χ2v) is 13.9. The first kappa shape index (κ1) is 58.9. The molecular weight excluding hydrogens is 684 g/mol. The van der Waals surface area contributed by atoms with Gasteiger partial charge in [0.1, 0.15) is 0 Å². The van der Waals surface area contributed by atoms with Crippen LogP contribution in [0.25, 0.3) is 0 Å². The van der Waals surface area contributed by atoms with Gasteiger partial charge >= 0.3 is 11.9 Å². The maximum atomic E-state index is 10.3. The van der Waals surface area contributed by atoms with E-state index in [1.54, 1.807) is 0 Å². The molecule has 0 aromatic rings. The van der Waals surface area contributed by atoms with Crippen LogP contribution in [0.1, 0.15) is 194 Å². The molecule has 0 unspecified atom stereocenters. The van der Waals surface area contributed by atoms with E-state index in [0.717, 1.165) is 25.7 Å². The van der Waals surface area contributed by atoms with Crippen molar-refractivity contribution in [2.75, 3.05) is 52.6 Å². The molecular formula is C44H90N2O8. The summed E-state index contributed by atoms with van der Waals surface area (Å²) in [6.07, 6.45) is 42.5. The zero-order valence-corrected chi connectivity index (χ0v) is 35.3. The van der Waals surface area contributed by atoms with Crippen LogP contribution in [0.3, 0.4) is 0 Å². The molecule has 324 valence electrons. The average molecular weight is 775 g/mol. The summed E-state index contributed by atoms with van der Waals surface area (Å²) in [5, 5.41) is 55.2. The fourth-order valence-electron chi connectivity index (χ4n) is 5.26. The van der Waals surface area contributed by atoms with Gasteiger partial charge in [0.15, 0.2) is 0 Å². The van der Waals surface area contributed by atoms with Crippen LogP contribution in [-0.4, -0.2) is 95.2 Å². The molecule has 8 N–H and O–H groups in total. The van der Waals surface area contributed by atoms with Gasteiger partial charge in [-0.15, -0.1) is 0 Å². The molecule has 10 heteroatoms. The van der Waals surface area contributed by atoms with Gasteiger partial charge in [0, 0.05) is 39.0 Å². The third kappa shape index (κ3) is 75.2. The minimum Gasteiger partial charge on any atom is -0.481 e. The molecule has 0 heterocycles. The Bertz CT molecular complexity index is 669. The zero-order valence-electron chi connectivity index (χ0n) is 35.3. The number of carboxylic acid groups (broad SMARTS) is 2. The third-order valence-corrected chi connectivity index (χ3v) is 8.46. The molecule has 0 aromatic carbocycles. The lowest BCUT2D eigenvalue weighted by molar-refractivity contribution is -0.138. The summed E-state index contributed by atoms with van der Waals surface area (Å²) in [6, 6.07) is 0. The van der Waals surface area contributed by atoms with Crippen LogP contribution >= 0.6 is 0 Å². The second-order valence-electron chi connectivity index (χ2n) is 13.9. The van der Waals surface area contributed by atoms with Crippen molar-refractivity contribution in [1.82, 2.24) is 10.6 Å². The van der Waals surface area contributed by atoms with Crippen molar-refractivity contribution < 1.29 is 40.2 Å². The van der Waals surface area contributed by atoms with Crippen LogP contribution < -0.4 is 10.6 Å². The van der Waals surface area contributed by atoms with Gasteiger partial charge in [-0.05, 0) is 64.2 Å². The van der Waals surface area contributed by atoms with Crippen molar-refractivity contribution in [3.05, 3.63) is 24.3 Å². The second kappa shape index (κ2) is 60.4. The van der Waals surface area contributed by atoms with Crippen molar-refractivity contribution >= 4 is 11.9 Å². The van der Waals surface area contributed by atoms with Gasteiger partial charge in [0.25, 0.3) is 0 Å². The molecule has 0 aliphatic rings. The fraction of sp³-hybridized carbons (Fsp3) is 0.864. The molecule has 0 amide bonds. The number of carbonyl (C=O) groups is 2. The quantitative estimate of drug-likeness (QED) is 0.0223. The summed E-state index contributed by atoms with van der Waals surface area (Å²) in [5.74, 6) is -1.33. The summed E-state index contributed by atoms with van der Waals surface area (Å²) < 4.78 is 0.